The number of fused-ring (bicyclic) bond motifs is 1. The van der Waals surface area contributed by atoms with Crippen molar-refractivity contribution in [3.63, 3.8) is 0 Å². The minimum absolute atomic E-state index is 0.381. The van der Waals surface area contributed by atoms with E-state index in [-0.39, 0.29) is 0 Å². The number of rotatable bonds is 1. The molecule has 0 heterocycles. The maximum atomic E-state index is 12.2. The van der Waals surface area contributed by atoms with Crippen LogP contribution in [0, 0.1) is 0 Å². The SMILES string of the molecule is CC(C)(C)OC(=O)[C@]1(N)c2ccccc2C[C@H]1O. The zero-order valence-electron chi connectivity index (χ0n) is 10.9. The quantitative estimate of drug-likeness (QED) is 0.731. The van der Waals surface area contributed by atoms with Crippen molar-refractivity contribution in [3.05, 3.63) is 35.4 Å². The first kappa shape index (κ1) is 13.1. The number of nitrogens with two attached hydrogens (primary N) is 1. The molecule has 0 amide bonds. The molecule has 0 saturated carbocycles. The fourth-order valence-electron chi connectivity index (χ4n) is 2.26. The summed E-state index contributed by atoms with van der Waals surface area (Å²) in [6.07, 6.45) is -0.559. The van der Waals surface area contributed by atoms with Crippen molar-refractivity contribution >= 4 is 5.97 Å². The maximum Gasteiger partial charge on any atom is 0.334 e. The molecule has 0 saturated heterocycles. The lowest BCUT2D eigenvalue weighted by atomic mass is 9.91. The summed E-state index contributed by atoms with van der Waals surface area (Å²) in [4.78, 5) is 12.2. The van der Waals surface area contributed by atoms with E-state index < -0.39 is 23.2 Å². The van der Waals surface area contributed by atoms with Crippen molar-refractivity contribution in [2.75, 3.05) is 0 Å². The summed E-state index contributed by atoms with van der Waals surface area (Å²) in [5, 5.41) is 10.1. The Hall–Kier alpha value is -1.39. The zero-order chi connectivity index (χ0) is 13.6. The van der Waals surface area contributed by atoms with Crippen LogP contribution >= 0.6 is 0 Å². The van der Waals surface area contributed by atoms with Crippen LogP contribution in [0.4, 0.5) is 0 Å². The van der Waals surface area contributed by atoms with E-state index in [1.807, 2.05) is 18.2 Å². The van der Waals surface area contributed by atoms with Crippen molar-refractivity contribution in [1.29, 1.82) is 0 Å². The Kier molecular flexibility index (Phi) is 2.95. The molecule has 1 aliphatic rings. The normalized spacial score (nSPS) is 26.8. The van der Waals surface area contributed by atoms with Crippen LogP contribution in [0.5, 0.6) is 0 Å². The van der Waals surface area contributed by atoms with Crippen LogP contribution in [0.2, 0.25) is 0 Å². The van der Waals surface area contributed by atoms with Crippen LogP contribution in [-0.2, 0) is 21.5 Å². The summed E-state index contributed by atoms with van der Waals surface area (Å²) in [7, 11) is 0. The van der Waals surface area contributed by atoms with Crippen LogP contribution in [-0.4, -0.2) is 22.8 Å². The van der Waals surface area contributed by atoms with Crippen LogP contribution in [0.3, 0.4) is 0 Å². The summed E-state index contributed by atoms with van der Waals surface area (Å²) >= 11 is 0. The molecule has 98 valence electrons. The van der Waals surface area contributed by atoms with Gasteiger partial charge < -0.3 is 15.6 Å². The van der Waals surface area contributed by atoms with Gasteiger partial charge in [-0.2, -0.15) is 0 Å². The minimum atomic E-state index is -1.45. The molecule has 1 aromatic rings. The number of carbonyl (C=O) groups is 1. The standard InChI is InChI=1S/C14H19NO3/c1-13(2,3)18-12(17)14(15)10-7-5-4-6-9(10)8-11(14)16/h4-7,11,16H,8,15H2,1-3H3/t11-,14+/m1/s1. The Morgan fingerprint density at radius 3 is 2.67 bits per heavy atom. The number of hydrogen-bond acceptors (Lipinski definition) is 4. The van der Waals surface area contributed by atoms with Gasteiger partial charge in [0.15, 0.2) is 5.54 Å². The number of aliphatic hydroxyl groups is 1. The second kappa shape index (κ2) is 4.07. The number of esters is 1. The first-order valence-corrected chi connectivity index (χ1v) is 6.04. The number of carbonyl (C=O) groups excluding carboxylic acids is 1. The average molecular weight is 249 g/mol. The highest BCUT2D eigenvalue weighted by Crippen LogP contribution is 2.36. The largest absolute Gasteiger partial charge is 0.458 e. The molecule has 1 aliphatic carbocycles. The molecule has 0 aromatic heterocycles. The average Bonchev–Trinajstić information content (AvgIpc) is 2.51. The Balaban J connectivity index is 2.39. The summed E-state index contributed by atoms with van der Waals surface area (Å²) in [5.41, 5.74) is 5.62. The van der Waals surface area contributed by atoms with Crippen LogP contribution < -0.4 is 5.73 Å². The predicted molar refractivity (Wildman–Crippen MR) is 67.9 cm³/mol. The monoisotopic (exact) mass is 249 g/mol. The topological polar surface area (TPSA) is 72.5 Å². The Labute approximate surface area is 107 Å². The van der Waals surface area contributed by atoms with Crippen molar-refractivity contribution in [3.8, 4) is 0 Å². The lowest BCUT2D eigenvalue weighted by Crippen LogP contribution is -2.54. The molecular formula is C14H19NO3. The number of hydrogen-bond donors (Lipinski definition) is 2. The van der Waals surface area contributed by atoms with Gasteiger partial charge in [0.05, 0.1) is 6.10 Å². The van der Waals surface area contributed by atoms with E-state index in [0.29, 0.717) is 12.0 Å². The molecule has 0 radical (unpaired) electrons. The molecule has 18 heavy (non-hydrogen) atoms. The second-order valence-corrected chi connectivity index (χ2v) is 5.75. The fourth-order valence-corrected chi connectivity index (χ4v) is 2.26. The highest BCUT2D eigenvalue weighted by Gasteiger charge is 2.51. The van der Waals surface area contributed by atoms with Gasteiger partial charge in [0.1, 0.15) is 5.60 Å². The van der Waals surface area contributed by atoms with Crippen molar-refractivity contribution in [2.24, 2.45) is 5.73 Å². The molecule has 4 heteroatoms. The molecule has 0 spiro atoms. The third-order valence-corrected chi connectivity index (χ3v) is 3.14. The molecule has 2 atom stereocenters. The zero-order valence-corrected chi connectivity index (χ0v) is 10.9. The van der Waals surface area contributed by atoms with E-state index >= 15 is 0 Å². The summed E-state index contributed by atoms with van der Waals surface area (Å²) < 4.78 is 5.33. The van der Waals surface area contributed by atoms with Crippen LogP contribution in [0.25, 0.3) is 0 Å². The molecule has 3 N–H and O–H groups in total. The number of ether oxygens (including phenoxy) is 1. The summed E-state index contributed by atoms with van der Waals surface area (Å²) in [6.45, 7) is 5.34. The van der Waals surface area contributed by atoms with Crippen molar-refractivity contribution in [2.45, 2.75) is 44.4 Å². The Morgan fingerprint density at radius 1 is 1.44 bits per heavy atom. The van der Waals surface area contributed by atoms with Gasteiger partial charge in [0.25, 0.3) is 0 Å². The molecule has 0 bridgehead atoms. The van der Waals surface area contributed by atoms with E-state index in [4.69, 9.17) is 10.5 Å². The first-order valence-electron chi connectivity index (χ1n) is 6.04. The van der Waals surface area contributed by atoms with E-state index in [0.717, 1.165) is 5.56 Å². The van der Waals surface area contributed by atoms with Gasteiger partial charge >= 0.3 is 5.97 Å². The lowest BCUT2D eigenvalue weighted by molar-refractivity contribution is -0.166. The lowest BCUT2D eigenvalue weighted by Gasteiger charge is -2.31. The molecule has 0 aliphatic heterocycles. The fraction of sp³-hybridized carbons (Fsp3) is 0.500. The van der Waals surface area contributed by atoms with Gasteiger partial charge in [0, 0.05) is 6.42 Å². The third kappa shape index (κ3) is 2.02. The number of benzene rings is 1. The van der Waals surface area contributed by atoms with Gasteiger partial charge in [-0.15, -0.1) is 0 Å². The van der Waals surface area contributed by atoms with E-state index in [9.17, 15) is 9.90 Å². The number of aliphatic hydroxyl groups excluding tert-OH is 1. The third-order valence-electron chi connectivity index (χ3n) is 3.14. The van der Waals surface area contributed by atoms with E-state index in [2.05, 4.69) is 0 Å². The van der Waals surface area contributed by atoms with E-state index in [1.165, 1.54) is 0 Å². The smallest absolute Gasteiger partial charge is 0.334 e. The van der Waals surface area contributed by atoms with Gasteiger partial charge in [-0.1, -0.05) is 24.3 Å². The molecule has 4 nitrogen and oxygen atoms in total. The van der Waals surface area contributed by atoms with Gasteiger partial charge in [-0.3, -0.25) is 0 Å². The second-order valence-electron chi connectivity index (χ2n) is 5.75. The molecule has 2 rings (SSSR count). The van der Waals surface area contributed by atoms with Gasteiger partial charge in [-0.05, 0) is 31.9 Å². The molecule has 0 fully saturated rings. The van der Waals surface area contributed by atoms with Crippen LogP contribution in [0.1, 0.15) is 31.9 Å². The maximum absolute atomic E-state index is 12.2. The van der Waals surface area contributed by atoms with Gasteiger partial charge in [0.2, 0.25) is 0 Å². The predicted octanol–water partition coefficient (Wildman–Crippen LogP) is 1.10. The highest BCUT2D eigenvalue weighted by atomic mass is 16.6. The van der Waals surface area contributed by atoms with Crippen molar-refractivity contribution in [1.82, 2.24) is 0 Å². The first-order chi connectivity index (χ1) is 8.25. The molecule has 0 unspecified atom stereocenters. The molecular weight excluding hydrogens is 230 g/mol. The minimum Gasteiger partial charge on any atom is -0.458 e. The highest BCUT2D eigenvalue weighted by molar-refractivity contribution is 5.85. The Morgan fingerprint density at radius 2 is 2.06 bits per heavy atom. The van der Waals surface area contributed by atoms with Gasteiger partial charge in [-0.25, -0.2) is 4.79 Å². The van der Waals surface area contributed by atoms with Crippen LogP contribution in [0.15, 0.2) is 24.3 Å². The van der Waals surface area contributed by atoms with Crippen molar-refractivity contribution < 1.29 is 14.6 Å². The van der Waals surface area contributed by atoms with E-state index in [1.54, 1.807) is 26.8 Å². The molecule has 1 aromatic carbocycles. The summed E-state index contributed by atoms with van der Waals surface area (Å²) in [5.74, 6) is -0.576. The Bertz CT molecular complexity index is 478. The summed E-state index contributed by atoms with van der Waals surface area (Å²) in [6, 6.07) is 7.32.